The Kier molecular flexibility index (Phi) is 4.17. The van der Waals surface area contributed by atoms with Gasteiger partial charge in [-0.25, -0.2) is 13.2 Å². The first-order chi connectivity index (χ1) is 9.29. The number of thiophene rings is 1. The number of sulfonamides is 1. The molecule has 1 heterocycles. The summed E-state index contributed by atoms with van der Waals surface area (Å²) in [5, 5.41) is 10.1. The van der Waals surface area contributed by atoms with Gasteiger partial charge in [0.1, 0.15) is 4.88 Å². The van der Waals surface area contributed by atoms with Crippen LogP contribution in [0.15, 0.2) is 39.0 Å². The number of anilines is 1. The van der Waals surface area contributed by atoms with E-state index in [1.165, 1.54) is 5.38 Å². The molecule has 0 amide bonds. The van der Waals surface area contributed by atoms with E-state index in [0.717, 1.165) is 23.0 Å². The van der Waals surface area contributed by atoms with Crippen LogP contribution >= 0.6 is 27.3 Å². The molecule has 0 unspecified atom stereocenters. The second-order valence-corrected chi connectivity index (χ2v) is 7.49. The van der Waals surface area contributed by atoms with E-state index in [4.69, 9.17) is 5.11 Å². The number of carbonyl (C=O) groups is 1. The van der Waals surface area contributed by atoms with Gasteiger partial charge in [0.2, 0.25) is 0 Å². The molecule has 5 nitrogen and oxygen atoms in total. The molecular weight excluding hydrogens is 366 g/mol. The number of benzene rings is 1. The highest BCUT2D eigenvalue weighted by molar-refractivity contribution is 9.10. The van der Waals surface area contributed by atoms with Crippen LogP contribution in [-0.2, 0) is 10.0 Å². The van der Waals surface area contributed by atoms with E-state index < -0.39 is 16.0 Å². The Balaban J connectivity index is 2.33. The number of rotatable bonds is 4. The molecule has 0 saturated carbocycles. The largest absolute Gasteiger partial charge is 0.477 e. The van der Waals surface area contributed by atoms with Gasteiger partial charge in [0, 0.05) is 9.85 Å². The van der Waals surface area contributed by atoms with E-state index in [0.29, 0.717) is 10.2 Å². The van der Waals surface area contributed by atoms with Gasteiger partial charge in [0.25, 0.3) is 10.0 Å². The third kappa shape index (κ3) is 3.20. The Labute approximate surface area is 128 Å². The third-order valence-corrected chi connectivity index (χ3v) is 5.53. The van der Waals surface area contributed by atoms with Crippen molar-refractivity contribution in [3.63, 3.8) is 0 Å². The SMILES string of the molecule is Cc1ccc(NS(=O)(=O)c2csc(C(=O)O)c2)c(Br)c1. The number of carboxylic acids is 1. The normalized spacial score (nSPS) is 11.3. The van der Waals surface area contributed by atoms with Gasteiger partial charge in [-0.3, -0.25) is 4.72 Å². The minimum absolute atomic E-state index is 0.0200. The summed E-state index contributed by atoms with van der Waals surface area (Å²) in [6, 6.07) is 6.34. The van der Waals surface area contributed by atoms with Crippen molar-refractivity contribution < 1.29 is 18.3 Å². The van der Waals surface area contributed by atoms with Crippen molar-refractivity contribution >= 4 is 48.9 Å². The van der Waals surface area contributed by atoms with Crippen LogP contribution in [0.25, 0.3) is 0 Å². The molecule has 2 aromatic rings. The fourth-order valence-corrected chi connectivity index (χ4v) is 4.39. The molecular formula is C12H10BrNO4S2. The van der Waals surface area contributed by atoms with Crippen LogP contribution in [0.3, 0.4) is 0 Å². The lowest BCUT2D eigenvalue weighted by molar-refractivity contribution is 0.0702. The molecule has 0 aliphatic heterocycles. The maximum atomic E-state index is 12.2. The number of aryl methyl sites for hydroxylation is 1. The van der Waals surface area contributed by atoms with Crippen LogP contribution in [0, 0.1) is 6.92 Å². The van der Waals surface area contributed by atoms with Crippen LogP contribution in [-0.4, -0.2) is 19.5 Å². The van der Waals surface area contributed by atoms with E-state index in [-0.39, 0.29) is 9.77 Å². The van der Waals surface area contributed by atoms with Crippen LogP contribution in [0.2, 0.25) is 0 Å². The van der Waals surface area contributed by atoms with Crippen molar-refractivity contribution in [3.8, 4) is 0 Å². The monoisotopic (exact) mass is 375 g/mol. The molecule has 0 bridgehead atoms. The second kappa shape index (κ2) is 5.55. The van der Waals surface area contributed by atoms with E-state index in [1.54, 1.807) is 18.2 Å². The zero-order valence-corrected chi connectivity index (χ0v) is 13.5. The van der Waals surface area contributed by atoms with Gasteiger partial charge in [-0.05, 0) is 46.6 Å². The van der Waals surface area contributed by atoms with Crippen LogP contribution in [0.4, 0.5) is 5.69 Å². The van der Waals surface area contributed by atoms with Gasteiger partial charge in [-0.2, -0.15) is 0 Å². The molecule has 8 heteroatoms. The number of halogens is 1. The van der Waals surface area contributed by atoms with Gasteiger partial charge >= 0.3 is 5.97 Å². The summed E-state index contributed by atoms with van der Waals surface area (Å²) in [5.41, 5.74) is 1.39. The zero-order valence-electron chi connectivity index (χ0n) is 10.3. The maximum absolute atomic E-state index is 12.2. The summed E-state index contributed by atoms with van der Waals surface area (Å²) in [4.78, 5) is 10.7. The van der Waals surface area contributed by atoms with Crippen molar-refractivity contribution in [1.82, 2.24) is 0 Å². The number of nitrogens with one attached hydrogen (secondary N) is 1. The summed E-state index contributed by atoms with van der Waals surface area (Å²) in [5.74, 6) is -1.15. The van der Waals surface area contributed by atoms with Crippen molar-refractivity contribution in [2.24, 2.45) is 0 Å². The molecule has 2 rings (SSSR count). The Hall–Kier alpha value is -1.38. The second-order valence-electron chi connectivity index (χ2n) is 4.04. The van der Waals surface area contributed by atoms with Gasteiger partial charge < -0.3 is 5.11 Å². The van der Waals surface area contributed by atoms with E-state index in [2.05, 4.69) is 20.7 Å². The van der Waals surface area contributed by atoms with E-state index in [9.17, 15) is 13.2 Å². The fourth-order valence-electron chi connectivity index (χ4n) is 1.48. The third-order valence-electron chi connectivity index (χ3n) is 2.47. The highest BCUT2D eigenvalue weighted by Crippen LogP contribution is 2.27. The minimum Gasteiger partial charge on any atom is -0.477 e. The lowest BCUT2D eigenvalue weighted by atomic mass is 10.2. The standard InChI is InChI=1S/C12H10BrNO4S2/c1-7-2-3-10(9(13)4-7)14-20(17,18)8-5-11(12(15)16)19-6-8/h2-6,14H,1H3,(H,15,16). The maximum Gasteiger partial charge on any atom is 0.345 e. The molecule has 1 aromatic heterocycles. The molecule has 0 fully saturated rings. The molecule has 0 radical (unpaired) electrons. The smallest absolute Gasteiger partial charge is 0.345 e. The zero-order chi connectivity index (χ0) is 14.9. The van der Waals surface area contributed by atoms with E-state index in [1.807, 2.05) is 6.92 Å². The highest BCUT2D eigenvalue weighted by atomic mass is 79.9. The first kappa shape index (κ1) is 15.0. The van der Waals surface area contributed by atoms with Gasteiger partial charge in [-0.1, -0.05) is 6.07 Å². The summed E-state index contributed by atoms with van der Waals surface area (Å²) in [7, 11) is -3.79. The number of hydrogen-bond donors (Lipinski definition) is 2. The Morgan fingerprint density at radius 1 is 1.35 bits per heavy atom. The molecule has 0 spiro atoms. The van der Waals surface area contributed by atoms with Gasteiger partial charge in [-0.15, -0.1) is 11.3 Å². The Bertz CT molecular complexity index is 768. The average Bonchev–Trinajstić information content (AvgIpc) is 2.83. The first-order valence-electron chi connectivity index (χ1n) is 5.40. The lowest BCUT2D eigenvalue weighted by Crippen LogP contribution is -2.12. The number of carboxylic acid groups (broad SMARTS) is 1. The summed E-state index contributed by atoms with van der Waals surface area (Å²) < 4.78 is 27.4. The van der Waals surface area contributed by atoms with Crippen molar-refractivity contribution in [1.29, 1.82) is 0 Å². The predicted molar refractivity (Wildman–Crippen MR) is 81.0 cm³/mol. The summed E-state index contributed by atoms with van der Waals surface area (Å²) in [6.45, 7) is 1.89. The van der Waals surface area contributed by atoms with E-state index >= 15 is 0 Å². The molecule has 20 heavy (non-hydrogen) atoms. The molecule has 2 N–H and O–H groups in total. The summed E-state index contributed by atoms with van der Waals surface area (Å²) >= 11 is 4.15. The van der Waals surface area contributed by atoms with Crippen molar-refractivity contribution in [2.75, 3.05) is 4.72 Å². The fraction of sp³-hybridized carbons (Fsp3) is 0.0833. The Morgan fingerprint density at radius 3 is 2.60 bits per heavy atom. The number of aromatic carboxylic acids is 1. The molecule has 1 aromatic carbocycles. The topological polar surface area (TPSA) is 83.5 Å². The minimum atomic E-state index is -3.79. The highest BCUT2D eigenvalue weighted by Gasteiger charge is 2.19. The van der Waals surface area contributed by atoms with Crippen LogP contribution < -0.4 is 4.72 Å². The Morgan fingerprint density at radius 2 is 2.05 bits per heavy atom. The molecule has 0 atom stereocenters. The summed E-state index contributed by atoms with van der Waals surface area (Å²) in [6.07, 6.45) is 0. The van der Waals surface area contributed by atoms with Gasteiger partial charge in [0.05, 0.1) is 10.6 Å². The lowest BCUT2D eigenvalue weighted by Gasteiger charge is -2.09. The van der Waals surface area contributed by atoms with Crippen LogP contribution in [0.1, 0.15) is 15.2 Å². The molecule has 106 valence electrons. The van der Waals surface area contributed by atoms with Crippen LogP contribution in [0.5, 0.6) is 0 Å². The van der Waals surface area contributed by atoms with Crippen molar-refractivity contribution in [2.45, 2.75) is 11.8 Å². The number of hydrogen-bond acceptors (Lipinski definition) is 4. The first-order valence-corrected chi connectivity index (χ1v) is 8.56. The quantitative estimate of drug-likeness (QED) is 0.858. The molecule has 0 aliphatic rings. The average molecular weight is 376 g/mol. The van der Waals surface area contributed by atoms with Crippen molar-refractivity contribution in [3.05, 3.63) is 44.6 Å². The predicted octanol–water partition coefficient (Wildman–Crippen LogP) is 3.32. The molecule has 0 aliphatic carbocycles. The molecule has 0 saturated heterocycles. The van der Waals surface area contributed by atoms with Gasteiger partial charge in [0.15, 0.2) is 0 Å².